The second-order valence-electron chi connectivity index (χ2n) is 4.75. The number of carbonyl (C=O) groups is 1. The third-order valence-corrected chi connectivity index (χ3v) is 3.22. The minimum atomic E-state index is -0.191. The summed E-state index contributed by atoms with van der Waals surface area (Å²) in [6, 6.07) is 15.3. The molecule has 3 rings (SSSR count). The number of H-pyrrole nitrogens is 1. The van der Waals surface area contributed by atoms with Crippen LogP contribution in [0.5, 0.6) is 0 Å². The Morgan fingerprint density at radius 2 is 2.00 bits per heavy atom. The summed E-state index contributed by atoms with van der Waals surface area (Å²) in [6.45, 7) is 0.582. The molecule has 0 aliphatic carbocycles. The van der Waals surface area contributed by atoms with Gasteiger partial charge >= 0.3 is 6.03 Å². The van der Waals surface area contributed by atoms with Gasteiger partial charge in [0.25, 0.3) is 0 Å². The average molecular weight is 280 g/mol. The molecule has 3 aromatic rings. The maximum absolute atomic E-state index is 11.7. The molecule has 5 nitrogen and oxygen atoms in total. The Labute approximate surface area is 122 Å². The molecule has 0 aliphatic heterocycles. The van der Waals surface area contributed by atoms with Crippen LogP contribution in [0.25, 0.3) is 11.0 Å². The maximum atomic E-state index is 11.7. The van der Waals surface area contributed by atoms with E-state index in [0.717, 1.165) is 28.7 Å². The van der Waals surface area contributed by atoms with Gasteiger partial charge in [0.05, 0.1) is 17.4 Å². The van der Waals surface area contributed by atoms with E-state index >= 15 is 0 Å². The highest BCUT2D eigenvalue weighted by molar-refractivity contribution is 5.89. The zero-order valence-electron chi connectivity index (χ0n) is 11.5. The minimum absolute atomic E-state index is 0.191. The number of benzene rings is 2. The van der Waals surface area contributed by atoms with Crippen molar-refractivity contribution >= 4 is 22.8 Å². The topological polar surface area (TPSA) is 69.8 Å². The van der Waals surface area contributed by atoms with Gasteiger partial charge in [0.2, 0.25) is 0 Å². The predicted octanol–water partition coefficient (Wildman–Crippen LogP) is 2.93. The zero-order valence-corrected chi connectivity index (χ0v) is 11.5. The van der Waals surface area contributed by atoms with Crippen molar-refractivity contribution in [2.45, 2.75) is 6.42 Å². The zero-order chi connectivity index (χ0) is 14.5. The molecule has 3 N–H and O–H groups in total. The lowest BCUT2D eigenvalue weighted by Crippen LogP contribution is -2.30. The number of hydrogen-bond donors (Lipinski definition) is 3. The number of imidazole rings is 1. The lowest BCUT2D eigenvalue weighted by Gasteiger charge is -2.07. The normalized spacial score (nSPS) is 10.5. The molecule has 1 heterocycles. The number of hydrogen-bond acceptors (Lipinski definition) is 2. The molecule has 0 unspecified atom stereocenters. The summed E-state index contributed by atoms with van der Waals surface area (Å²) in [6.07, 6.45) is 2.46. The Bertz CT molecular complexity index is 736. The van der Waals surface area contributed by atoms with E-state index in [1.54, 1.807) is 6.33 Å². The van der Waals surface area contributed by atoms with Crippen LogP contribution in [0.1, 0.15) is 5.56 Å². The monoisotopic (exact) mass is 280 g/mol. The fourth-order valence-corrected chi connectivity index (χ4v) is 2.16. The number of anilines is 1. The van der Waals surface area contributed by atoms with Crippen molar-refractivity contribution in [1.29, 1.82) is 0 Å². The van der Waals surface area contributed by atoms with E-state index in [1.807, 2.05) is 42.5 Å². The Morgan fingerprint density at radius 3 is 2.86 bits per heavy atom. The number of carbonyl (C=O) groups excluding carboxylic acids is 1. The summed E-state index contributed by atoms with van der Waals surface area (Å²) in [5, 5.41) is 5.63. The van der Waals surface area contributed by atoms with Gasteiger partial charge in [0, 0.05) is 12.2 Å². The van der Waals surface area contributed by atoms with Gasteiger partial charge in [0.1, 0.15) is 0 Å². The Hall–Kier alpha value is -2.82. The van der Waals surface area contributed by atoms with Crippen LogP contribution < -0.4 is 10.6 Å². The molecule has 5 heteroatoms. The third kappa shape index (κ3) is 3.39. The van der Waals surface area contributed by atoms with Gasteiger partial charge in [-0.25, -0.2) is 9.78 Å². The molecule has 1 aromatic heterocycles. The first-order chi connectivity index (χ1) is 10.3. The van der Waals surface area contributed by atoms with Crippen molar-refractivity contribution in [2.75, 3.05) is 11.9 Å². The second-order valence-corrected chi connectivity index (χ2v) is 4.75. The van der Waals surface area contributed by atoms with E-state index in [2.05, 4.69) is 26.7 Å². The van der Waals surface area contributed by atoms with E-state index in [4.69, 9.17) is 0 Å². The molecule has 0 radical (unpaired) electrons. The molecule has 0 atom stereocenters. The largest absolute Gasteiger partial charge is 0.345 e. The summed E-state index contributed by atoms with van der Waals surface area (Å²) >= 11 is 0. The van der Waals surface area contributed by atoms with Gasteiger partial charge in [-0.1, -0.05) is 24.3 Å². The van der Waals surface area contributed by atoms with Crippen molar-refractivity contribution < 1.29 is 4.79 Å². The molecule has 0 aliphatic rings. The van der Waals surface area contributed by atoms with Crippen LogP contribution in [-0.4, -0.2) is 22.5 Å². The molecule has 2 amide bonds. The molecule has 0 spiro atoms. The number of nitrogens with zero attached hydrogens (tertiary/aromatic N) is 1. The first kappa shape index (κ1) is 13.2. The van der Waals surface area contributed by atoms with Crippen LogP contribution in [-0.2, 0) is 6.42 Å². The number of urea groups is 1. The van der Waals surface area contributed by atoms with Gasteiger partial charge in [0.15, 0.2) is 0 Å². The molecule has 0 bridgehead atoms. The maximum Gasteiger partial charge on any atom is 0.319 e. The van der Waals surface area contributed by atoms with Gasteiger partial charge < -0.3 is 15.6 Å². The Balaban J connectivity index is 1.50. The fraction of sp³-hybridized carbons (Fsp3) is 0.125. The summed E-state index contributed by atoms with van der Waals surface area (Å²) in [5.41, 5.74) is 3.91. The van der Waals surface area contributed by atoms with E-state index in [1.165, 1.54) is 0 Å². The van der Waals surface area contributed by atoms with E-state index < -0.39 is 0 Å². The average Bonchev–Trinajstić information content (AvgIpc) is 2.96. The smallest absolute Gasteiger partial charge is 0.319 e. The first-order valence-corrected chi connectivity index (χ1v) is 6.83. The first-order valence-electron chi connectivity index (χ1n) is 6.83. The van der Waals surface area contributed by atoms with E-state index in [9.17, 15) is 4.79 Å². The van der Waals surface area contributed by atoms with E-state index in [-0.39, 0.29) is 6.03 Å². The van der Waals surface area contributed by atoms with Crippen LogP contribution in [0.3, 0.4) is 0 Å². The number of rotatable bonds is 4. The van der Waals surface area contributed by atoms with Crippen LogP contribution in [0.2, 0.25) is 0 Å². The predicted molar refractivity (Wildman–Crippen MR) is 83.3 cm³/mol. The van der Waals surface area contributed by atoms with Crippen molar-refractivity contribution in [3.63, 3.8) is 0 Å². The Kier molecular flexibility index (Phi) is 3.82. The quantitative estimate of drug-likeness (QED) is 0.687. The van der Waals surface area contributed by atoms with Crippen molar-refractivity contribution in [1.82, 2.24) is 15.3 Å². The second kappa shape index (κ2) is 6.09. The number of nitrogens with one attached hydrogen (secondary N) is 3. The van der Waals surface area contributed by atoms with Crippen molar-refractivity contribution in [3.05, 3.63) is 60.4 Å². The summed E-state index contributed by atoms with van der Waals surface area (Å²) in [5.74, 6) is 0. The third-order valence-electron chi connectivity index (χ3n) is 3.22. The Morgan fingerprint density at radius 1 is 1.14 bits per heavy atom. The molecule has 2 aromatic carbocycles. The van der Waals surface area contributed by atoms with Crippen molar-refractivity contribution in [2.24, 2.45) is 0 Å². The van der Waals surface area contributed by atoms with Gasteiger partial charge in [-0.05, 0) is 36.2 Å². The number of aromatic nitrogens is 2. The molecular weight excluding hydrogens is 264 g/mol. The number of amides is 2. The highest BCUT2D eigenvalue weighted by Crippen LogP contribution is 2.11. The van der Waals surface area contributed by atoms with Crippen LogP contribution in [0.15, 0.2) is 54.9 Å². The lowest BCUT2D eigenvalue weighted by molar-refractivity contribution is 0.252. The lowest BCUT2D eigenvalue weighted by atomic mass is 10.1. The SMILES string of the molecule is O=C(NCCc1ccc2nc[nH]c2c1)Nc1ccccc1. The number of para-hydroxylation sites is 1. The highest BCUT2D eigenvalue weighted by atomic mass is 16.2. The summed E-state index contributed by atoms with van der Waals surface area (Å²) < 4.78 is 0. The minimum Gasteiger partial charge on any atom is -0.345 e. The molecular formula is C16H16N4O. The molecule has 21 heavy (non-hydrogen) atoms. The highest BCUT2D eigenvalue weighted by Gasteiger charge is 2.02. The molecule has 0 fully saturated rings. The van der Waals surface area contributed by atoms with Crippen molar-refractivity contribution in [3.8, 4) is 0 Å². The molecule has 0 saturated carbocycles. The summed E-state index contributed by atoms with van der Waals surface area (Å²) in [4.78, 5) is 19.0. The van der Waals surface area contributed by atoms with Gasteiger partial charge in [-0.15, -0.1) is 0 Å². The van der Waals surface area contributed by atoms with Crippen LogP contribution >= 0.6 is 0 Å². The number of fused-ring (bicyclic) bond motifs is 1. The number of aromatic amines is 1. The molecule has 106 valence electrons. The standard InChI is InChI=1S/C16H16N4O/c21-16(20-13-4-2-1-3-5-13)17-9-8-12-6-7-14-15(10-12)19-11-18-14/h1-7,10-11H,8-9H2,(H,18,19)(H2,17,20,21). The van der Waals surface area contributed by atoms with E-state index in [0.29, 0.717) is 6.54 Å². The summed E-state index contributed by atoms with van der Waals surface area (Å²) in [7, 11) is 0. The van der Waals surface area contributed by atoms with Gasteiger partial charge in [-0.2, -0.15) is 0 Å². The van der Waals surface area contributed by atoms with Crippen LogP contribution in [0, 0.1) is 0 Å². The fourth-order valence-electron chi connectivity index (χ4n) is 2.16. The molecule has 0 saturated heterocycles. The van der Waals surface area contributed by atoms with Gasteiger partial charge in [-0.3, -0.25) is 0 Å². The van der Waals surface area contributed by atoms with Crippen LogP contribution in [0.4, 0.5) is 10.5 Å².